The van der Waals surface area contributed by atoms with Crippen molar-refractivity contribution in [3.05, 3.63) is 47.3 Å². The Morgan fingerprint density at radius 2 is 1.95 bits per heavy atom. The van der Waals surface area contributed by atoms with Crippen molar-refractivity contribution >= 4 is 11.6 Å². The monoisotopic (exact) mass is 306 g/mol. The zero-order chi connectivity index (χ0) is 15.2. The fourth-order valence-electron chi connectivity index (χ4n) is 2.51. The van der Waals surface area contributed by atoms with E-state index in [1.165, 1.54) is 11.3 Å². The molecular formula is C17H23ClN2O. The Morgan fingerprint density at radius 3 is 2.48 bits per heavy atom. The normalized spacial score (nSPS) is 12.4. The number of rotatable bonds is 7. The molecule has 4 heteroatoms. The number of halogens is 1. The molecule has 114 valence electrons. The molecule has 0 aliphatic heterocycles. The molecule has 0 aliphatic carbocycles. The number of ether oxygens (including phenoxy) is 1. The van der Waals surface area contributed by atoms with E-state index in [1.807, 2.05) is 23.9 Å². The summed E-state index contributed by atoms with van der Waals surface area (Å²) in [4.78, 5) is 0. The van der Waals surface area contributed by atoms with E-state index in [4.69, 9.17) is 16.3 Å². The molecule has 1 aromatic heterocycles. The van der Waals surface area contributed by atoms with E-state index in [2.05, 4.69) is 30.2 Å². The van der Waals surface area contributed by atoms with Crippen LogP contribution in [-0.2, 0) is 26.3 Å². The van der Waals surface area contributed by atoms with Crippen LogP contribution in [0.4, 0.5) is 0 Å². The van der Waals surface area contributed by atoms with Crippen LogP contribution in [0, 0.1) is 5.92 Å². The topological polar surface area (TPSA) is 27.1 Å². The van der Waals surface area contributed by atoms with Gasteiger partial charge >= 0.3 is 0 Å². The van der Waals surface area contributed by atoms with Crippen molar-refractivity contribution in [2.45, 2.75) is 26.2 Å². The van der Waals surface area contributed by atoms with Gasteiger partial charge in [-0.15, -0.1) is 11.6 Å². The standard InChI is InChI=1S/C17H23ClN2O/c1-4-15-11-16(20(2)19-15)10-14(12-18)9-13-5-7-17(21-3)8-6-13/h5-8,11,14H,4,9-10,12H2,1-3H3. The van der Waals surface area contributed by atoms with Crippen LogP contribution in [0.5, 0.6) is 5.75 Å². The first kappa shape index (κ1) is 15.9. The first-order valence-electron chi connectivity index (χ1n) is 7.37. The van der Waals surface area contributed by atoms with E-state index in [0.717, 1.165) is 30.7 Å². The summed E-state index contributed by atoms with van der Waals surface area (Å²) in [5.74, 6) is 1.96. The Labute approximate surface area is 131 Å². The van der Waals surface area contributed by atoms with Crippen LogP contribution in [0.25, 0.3) is 0 Å². The smallest absolute Gasteiger partial charge is 0.118 e. The van der Waals surface area contributed by atoms with Gasteiger partial charge in [-0.1, -0.05) is 19.1 Å². The van der Waals surface area contributed by atoms with Gasteiger partial charge in [0.1, 0.15) is 5.75 Å². The SMILES string of the molecule is CCc1cc(CC(CCl)Cc2ccc(OC)cc2)n(C)n1. The third kappa shape index (κ3) is 4.24. The lowest BCUT2D eigenvalue weighted by molar-refractivity contribution is 0.414. The molecule has 2 aromatic rings. The number of alkyl halides is 1. The molecule has 0 saturated carbocycles. The highest BCUT2D eigenvalue weighted by molar-refractivity contribution is 6.18. The largest absolute Gasteiger partial charge is 0.497 e. The second kappa shape index (κ2) is 7.51. The van der Waals surface area contributed by atoms with Gasteiger partial charge in [-0.2, -0.15) is 5.10 Å². The number of hydrogen-bond acceptors (Lipinski definition) is 2. The molecular weight excluding hydrogens is 284 g/mol. The minimum Gasteiger partial charge on any atom is -0.497 e. The number of methoxy groups -OCH3 is 1. The highest BCUT2D eigenvalue weighted by Crippen LogP contribution is 2.19. The Kier molecular flexibility index (Phi) is 5.68. The van der Waals surface area contributed by atoms with E-state index < -0.39 is 0 Å². The zero-order valence-corrected chi connectivity index (χ0v) is 13.7. The predicted molar refractivity (Wildman–Crippen MR) is 87.2 cm³/mol. The highest BCUT2D eigenvalue weighted by Gasteiger charge is 2.13. The Morgan fingerprint density at radius 1 is 1.24 bits per heavy atom. The molecule has 0 fully saturated rings. The van der Waals surface area contributed by atoms with Gasteiger partial charge in [0.25, 0.3) is 0 Å². The van der Waals surface area contributed by atoms with Crippen molar-refractivity contribution in [2.75, 3.05) is 13.0 Å². The fourth-order valence-corrected chi connectivity index (χ4v) is 2.73. The molecule has 1 aromatic carbocycles. The number of aryl methyl sites for hydroxylation is 2. The number of benzene rings is 1. The summed E-state index contributed by atoms with van der Waals surface area (Å²) in [5.41, 5.74) is 3.69. The van der Waals surface area contributed by atoms with Crippen LogP contribution in [0.1, 0.15) is 23.9 Å². The number of nitrogens with zero attached hydrogens (tertiary/aromatic N) is 2. The molecule has 0 aliphatic rings. The summed E-state index contributed by atoms with van der Waals surface area (Å²) in [7, 11) is 3.69. The summed E-state index contributed by atoms with van der Waals surface area (Å²) in [5, 5.41) is 4.50. The van der Waals surface area contributed by atoms with Crippen molar-refractivity contribution in [3.63, 3.8) is 0 Å². The van der Waals surface area contributed by atoms with Crippen LogP contribution < -0.4 is 4.74 Å². The predicted octanol–water partition coefficient (Wildman–Crippen LogP) is 3.63. The first-order chi connectivity index (χ1) is 10.2. The molecule has 0 bridgehead atoms. The quantitative estimate of drug-likeness (QED) is 0.730. The highest BCUT2D eigenvalue weighted by atomic mass is 35.5. The van der Waals surface area contributed by atoms with Gasteiger partial charge in [-0.3, -0.25) is 4.68 Å². The molecule has 0 N–H and O–H groups in total. The van der Waals surface area contributed by atoms with Gasteiger partial charge in [-0.25, -0.2) is 0 Å². The summed E-state index contributed by atoms with van der Waals surface area (Å²) in [6.07, 6.45) is 2.90. The van der Waals surface area contributed by atoms with Crippen LogP contribution in [-0.4, -0.2) is 22.8 Å². The van der Waals surface area contributed by atoms with E-state index in [0.29, 0.717) is 11.8 Å². The molecule has 1 heterocycles. The summed E-state index contributed by atoms with van der Waals surface area (Å²) < 4.78 is 7.17. The number of hydrogen-bond donors (Lipinski definition) is 0. The van der Waals surface area contributed by atoms with Crippen LogP contribution >= 0.6 is 11.6 Å². The summed E-state index contributed by atoms with van der Waals surface area (Å²) >= 11 is 6.16. The van der Waals surface area contributed by atoms with Gasteiger partial charge in [0.05, 0.1) is 12.8 Å². The Bertz CT molecular complexity index is 563. The van der Waals surface area contributed by atoms with Gasteiger partial charge in [0.2, 0.25) is 0 Å². The van der Waals surface area contributed by atoms with Crippen molar-refractivity contribution in [3.8, 4) is 5.75 Å². The van der Waals surface area contributed by atoms with Gasteiger partial charge in [0, 0.05) is 18.6 Å². The molecule has 1 unspecified atom stereocenters. The maximum atomic E-state index is 6.16. The van der Waals surface area contributed by atoms with Crippen LogP contribution in [0.15, 0.2) is 30.3 Å². The lowest BCUT2D eigenvalue weighted by Gasteiger charge is -2.14. The second-order valence-electron chi connectivity index (χ2n) is 5.38. The third-order valence-electron chi connectivity index (χ3n) is 3.79. The maximum absolute atomic E-state index is 6.16. The van der Waals surface area contributed by atoms with E-state index in [9.17, 15) is 0 Å². The molecule has 0 saturated heterocycles. The zero-order valence-electron chi connectivity index (χ0n) is 13.0. The van der Waals surface area contributed by atoms with Crippen molar-refractivity contribution in [1.29, 1.82) is 0 Å². The molecule has 2 rings (SSSR count). The molecule has 0 radical (unpaired) electrons. The Balaban J connectivity index is 2.03. The third-order valence-corrected chi connectivity index (χ3v) is 4.23. The van der Waals surface area contributed by atoms with E-state index in [-0.39, 0.29) is 0 Å². The molecule has 21 heavy (non-hydrogen) atoms. The number of aromatic nitrogens is 2. The lowest BCUT2D eigenvalue weighted by atomic mass is 9.96. The Hall–Kier alpha value is -1.48. The van der Waals surface area contributed by atoms with E-state index >= 15 is 0 Å². The van der Waals surface area contributed by atoms with Gasteiger partial charge in [-0.05, 0) is 48.9 Å². The minimum absolute atomic E-state index is 0.417. The summed E-state index contributed by atoms with van der Waals surface area (Å²) in [6, 6.07) is 10.4. The molecule has 1 atom stereocenters. The van der Waals surface area contributed by atoms with Gasteiger partial charge < -0.3 is 4.74 Å². The molecule has 0 amide bonds. The maximum Gasteiger partial charge on any atom is 0.118 e. The van der Waals surface area contributed by atoms with Crippen molar-refractivity contribution in [2.24, 2.45) is 13.0 Å². The fraction of sp³-hybridized carbons (Fsp3) is 0.471. The van der Waals surface area contributed by atoms with Crippen LogP contribution in [0.2, 0.25) is 0 Å². The second-order valence-corrected chi connectivity index (χ2v) is 5.69. The lowest BCUT2D eigenvalue weighted by Crippen LogP contribution is -2.12. The summed E-state index contributed by atoms with van der Waals surface area (Å²) in [6.45, 7) is 2.13. The van der Waals surface area contributed by atoms with Crippen molar-refractivity contribution < 1.29 is 4.74 Å². The van der Waals surface area contributed by atoms with Crippen molar-refractivity contribution in [1.82, 2.24) is 9.78 Å². The van der Waals surface area contributed by atoms with E-state index in [1.54, 1.807) is 7.11 Å². The first-order valence-corrected chi connectivity index (χ1v) is 7.90. The average molecular weight is 307 g/mol. The van der Waals surface area contributed by atoms with Crippen LogP contribution in [0.3, 0.4) is 0 Å². The molecule has 3 nitrogen and oxygen atoms in total. The molecule has 0 spiro atoms. The van der Waals surface area contributed by atoms with Gasteiger partial charge in [0.15, 0.2) is 0 Å². The average Bonchev–Trinajstić information content (AvgIpc) is 2.87. The minimum atomic E-state index is 0.417.